The van der Waals surface area contributed by atoms with E-state index in [-0.39, 0.29) is 24.1 Å². The minimum absolute atomic E-state index is 0.0353. The summed E-state index contributed by atoms with van der Waals surface area (Å²) in [6.45, 7) is 6.25. The number of rotatable bonds is 8. The van der Waals surface area contributed by atoms with Crippen molar-refractivity contribution in [2.24, 2.45) is 0 Å². The minimum Gasteiger partial charge on any atom is -0.368 e. The van der Waals surface area contributed by atoms with Crippen LogP contribution >= 0.6 is 0 Å². The molecule has 1 heterocycles. The molecular weight excluding hydrogens is 423 g/mol. The van der Waals surface area contributed by atoms with Gasteiger partial charge in [0.05, 0.1) is 0 Å². The van der Waals surface area contributed by atoms with Crippen molar-refractivity contribution in [3.63, 3.8) is 0 Å². The minimum atomic E-state index is -0.593. The lowest BCUT2D eigenvalue weighted by atomic mass is 10.1. The van der Waals surface area contributed by atoms with Crippen LogP contribution in [0, 0.1) is 5.82 Å². The SMILES string of the molecule is CCCC(NC(=O)NCc1ccc(F)cc1)C(=O)N1CCN(c2ccc(C(C)=O)cc2)CC1. The molecule has 1 fully saturated rings. The molecule has 2 aromatic rings. The highest BCUT2D eigenvalue weighted by Gasteiger charge is 2.28. The topological polar surface area (TPSA) is 81.8 Å². The van der Waals surface area contributed by atoms with Crippen LogP contribution in [0.1, 0.15) is 42.6 Å². The number of nitrogens with zero attached hydrogens (tertiary/aromatic N) is 2. The number of carbonyl (C=O) groups is 3. The predicted octanol–water partition coefficient (Wildman–Crippen LogP) is 3.35. The van der Waals surface area contributed by atoms with E-state index in [2.05, 4.69) is 15.5 Å². The Morgan fingerprint density at radius 2 is 1.61 bits per heavy atom. The molecule has 2 aromatic carbocycles. The quantitative estimate of drug-likeness (QED) is 0.600. The Morgan fingerprint density at radius 3 is 2.18 bits per heavy atom. The highest BCUT2D eigenvalue weighted by Crippen LogP contribution is 2.18. The number of ketones is 1. The van der Waals surface area contributed by atoms with Gasteiger partial charge in [0, 0.05) is 44.0 Å². The van der Waals surface area contributed by atoms with E-state index < -0.39 is 12.1 Å². The van der Waals surface area contributed by atoms with Gasteiger partial charge in [-0.05, 0) is 55.3 Å². The smallest absolute Gasteiger partial charge is 0.315 e. The van der Waals surface area contributed by atoms with E-state index in [0.29, 0.717) is 38.2 Å². The van der Waals surface area contributed by atoms with Crippen LogP contribution in [0.4, 0.5) is 14.9 Å². The molecule has 176 valence electrons. The van der Waals surface area contributed by atoms with Crippen molar-refractivity contribution in [3.05, 3.63) is 65.5 Å². The third-order valence-electron chi connectivity index (χ3n) is 5.78. The predicted molar refractivity (Wildman–Crippen MR) is 126 cm³/mol. The Morgan fingerprint density at radius 1 is 0.970 bits per heavy atom. The molecule has 1 aliphatic rings. The van der Waals surface area contributed by atoms with Crippen LogP contribution in [-0.4, -0.2) is 54.8 Å². The summed E-state index contributed by atoms with van der Waals surface area (Å²) in [5.41, 5.74) is 2.48. The number of Topliss-reactive ketones (excluding diaryl/α,β-unsaturated/α-hetero) is 1. The summed E-state index contributed by atoms with van der Waals surface area (Å²) in [5.74, 6) is -0.376. The number of anilines is 1. The Balaban J connectivity index is 1.51. The van der Waals surface area contributed by atoms with Gasteiger partial charge in [-0.15, -0.1) is 0 Å². The van der Waals surface area contributed by atoms with E-state index in [1.54, 1.807) is 24.0 Å². The van der Waals surface area contributed by atoms with Gasteiger partial charge in [0.2, 0.25) is 5.91 Å². The van der Waals surface area contributed by atoms with Crippen LogP contribution in [0.5, 0.6) is 0 Å². The zero-order valence-corrected chi connectivity index (χ0v) is 19.1. The van der Waals surface area contributed by atoms with Crippen LogP contribution < -0.4 is 15.5 Å². The van der Waals surface area contributed by atoms with Crippen molar-refractivity contribution in [3.8, 4) is 0 Å². The van der Waals surface area contributed by atoms with Crippen molar-refractivity contribution in [2.45, 2.75) is 39.3 Å². The molecule has 1 atom stereocenters. The van der Waals surface area contributed by atoms with Gasteiger partial charge in [0.15, 0.2) is 5.78 Å². The third-order valence-corrected chi connectivity index (χ3v) is 5.78. The van der Waals surface area contributed by atoms with Crippen LogP contribution in [0.15, 0.2) is 48.5 Å². The number of hydrogen-bond acceptors (Lipinski definition) is 4. The van der Waals surface area contributed by atoms with Gasteiger partial charge < -0.3 is 20.4 Å². The Bertz CT molecular complexity index is 955. The molecule has 0 spiro atoms. The molecule has 0 bridgehead atoms. The summed E-state index contributed by atoms with van der Waals surface area (Å²) in [6.07, 6.45) is 1.31. The molecular formula is C25H31FN4O3. The van der Waals surface area contributed by atoms with E-state index in [0.717, 1.165) is 17.7 Å². The summed E-state index contributed by atoms with van der Waals surface area (Å²) in [6, 6.07) is 12.4. The maximum Gasteiger partial charge on any atom is 0.315 e. The largest absolute Gasteiger partial charge is 0.368 e. The standard InChI is InChI=1S/C25H31FN4O3/c1-3-4-23(28-25(33)27-17-19-5-9-21(26)10-6-19)24(32)30-15-13-29(14-16-30)22-11-7-20(8-12-22)18(2)31/h5-12,23H,3-4,13-17H2,1-2H3,(H2,27,28,33). The highest BCUT2D eigenvalue weighted by molar-refractivity contribution is 5.94. The van der Waals surface area contributed by atoms with Gasteiger partial charge in [-0.1, -0.05) is 25.5 Å². The first-order valence-electron chi connectivity index (χ1n) is 11.3. The monoisotopic (exact) mass is 454 g/mol. The summed E-state index contributed by atoms with van der Waals surface area (Å²) < 4.78 is 13.0. The van der Waals surface area contributed by atoms with Gasteiger partial charge >= 0.3 is 6.03 Å². The number of urea groups is 1. The molecule has 33 heavy (non-hydrogen) atoms. The summed E-state index contributed by atoms with van der Waals surface area (Å²) in [4.78, 5) is 40.9. The van der Waals surface area contributed by atoms with Gasteiger partial charge in [-0.3, -0.25) is 9.59 Å². The lowest BCUT2D eigenvalue weighted by Gasteiger charge is -2.37. The van der Waals surface area contributed by atoms with E-state index >= 15 is 0 Å². The molecule has 0 radical (unpaired) electrons. The van der Waals surface area contributed by atoms with E-state index in [1.807, 2.05) is 31.2 Å². The molecule has 1 saturated heterocycles. The van der Waals surface area contributed by atoms with Crippen molar-refractivity contribution in [1.82, 2.24) is 15.5 Å². The van der Waals surface area contributed by atoms with Crippen LogP contribution in [0.2, 0.25) is 0 Å². The van der Waals surface area contributed by atoms with Crippen LogP contribution in [-0.2, 0) is 11.3 Å². The summed E-state index contributed by atoms with van der Waals surface area (Å²) in [7, 11) is 0. The molecule has 0 aromatic heterocycles. The lowest BCUT2D eigenvalue weighted by Crippen LogP contribution is -2.56. The molecule has 8 heteroatoms. The second kappa shape index (κ2) is 11.4. The first-order valence-corrected chi connectivity index (χ1v) is 11.3. The van der Waals surface area contributed by atoms with Gasteiger partial charge in [-0.2, -0.15) is 0 Å². The van der Waals surface area contributed by atoms with Gasteiger partial charge in [0.1, 0.15) is 11.9 Å². The molecule has 0 saturated carbocycles. The number of benzene rings is 2. The third kappa shape index (κ3) is 6.78. The van der Waals surface area contributed by atoms with E-state index in [1.165, 1.54) is 12.1 Å². The number of halogens is 1. The molecule has 7 nitrogen and oxygen atoms in total. The molecule has 1 aliphatic heterocycles. The molecule has 0 aliphatic carbocycles. The second-order valence-corrected chi connectivity index (χ2v) is 8.21. The molecule has 3 amide bonds. The number of nitrogens with one attached hydrogen (secondary N) is 2. The second-order valence-electron chi connectivity index (χ2n) is 8.21. The average molecular weight is 455 g/mol. The van der Waals surface area contributed by atoms with E-state index in [9.17, 15) is 18.8 Å². The van der Waals surface area contributed by atoms with Gasteiger partial charge in [-0.25, -0.2) is 9.18 Å². The molecule has 2 N–H and O–H groups in total. The number of amides is 3. The zero-order valence-electron chi connectivity index (χ0n) is 19.1. The van der Waals surface area contributed by atoms with Crippen molar-refractivity contribution < 1.29 is 18.8 Å². The van der Waals surface area contributed by atoms with E-state index in [4.69, 9.17) is 0 Å². The average Bonchev–Trinajstić information content (AvgIpc) is 2.83. The Hall–Kier alpha value is -3.42. The highest BCUT2D eigenvalue weighted by atomic mass is 19.1. The fourth-order valence-corrected chi connectivity index (χ4v) is 3.85. The number of piperazine rings is 1. The molecule has 3 rings (SSSR count). The van der Waals surface area contributed by atoms with Crippen molar-refractivity contribution in [2.75, 3.05) is 31.1 Å². The fourth-order valence-electron chi connectivity index (χ4n) is 3.85. The molecule has 1 unspecified atom stereocenters. The van der Waals surface area contributed by atoms with Crippen molar-refractivity contribution in [1.29, 1.82) is 0 Å². The normalized spacial score (nSPS) is 14.5. The van der Waals surface area contributed by atoms with Crippen LogP contribution in [0.3, 0.4) is 0 Å². The lowest BCUT2D eigenvalue weighted by molar-refractivity contribution is -0.133. The number of hydrogen-bond donors (Lipinski definition) is 2. The Kier molecular flexibility index (Phi) is 8.40. The fraction of sp³-hybridized carbons (Fsp3) is 0.400. The maximum absolute atomic E-state index is 13.1. The zero-order chi connectivity index (χ0) is 23.8. The van der Waals surface area contributed by atoms with Crippen molar-refractivity contribution >= 4 is 23.4 Å². The van der Waals surface area contributed by atoms with Crippen LogP contribution in [0.25, 0.3) is 0 Å². The first-order chi connectivity index (χ1) is 15.9. The first kappa shape index (κ1) is 24.2. The maximum atomic E-state index is 13.1. The van der Waals surface area contributed by atoms with Gasteiger partial charge in [0.25, 0.3) is 0 Å². The summed E-state index contributed by atoms with van der Waals surface area (Å²) >= 11 is 0. The Labute approximate surface area is 193 Å². The summed E-state index contributed by atoms with van der Waals surface area (Å²) in [5, 5.41) is 5.53. The number of carbonyl (C=O) groups excluding carboxylic acids is 3.